The first-order valence-corrected chi connectivity index (χ1v) is 7.90. The fourth-order valence-corrected chi connectivity index (χ4v) is 2.12. The van der Waals surface area contributed by atoms with Crippen LogP contribution in [0, 0.1) is 19.7 Å². The number of carbonyl (C=O) groups excluding carboxylic acids is 1. The van der Waals surface area contributed by atoms with E-state index >= 15 is 0 Å². The number of hydrogen-bond donors (Lipinski definition) is 1. The average Bonchev–Trinajstić information content (AvgIpc) is 2.56. The quantitative estimate of drug-likeness (QED) is 0.754. The normalized spacial score (nSPS) is 10.3. The van der Waals surface area contributed by atoms with Crippen LogP contribution in [0.4, 0.5) is 4.39 Å². The van der Waals surface area contributed by atoms with Gasteiger partial charge in [0, 0.05) is 0 Å². The van der Waals surface area contributed by atoms with Crippen LogP contribution in [0.3, 0.4) is 0 Å². The first kappa shape index (κ1) is 17.8. The van der Waals surface area contributed by atoms with E-state index in [1.54, 1.807) is 18.2 Å². The van der Waals surface area contributed by atoms with Gasteiger partial charge in [-0.3, -0.25) is 4.79 Å². The minimum Gasteiger partial charge on any atom is -0.493 e. The monoisotopic (exact) mass is 331 g/mol. The number of para-hydroxylation sites is 1. The van der Waals surface area contributed by atoms with Crippen LogP contribution >= 0.6 is 0 Å². The molecular weight excluding hydrogens is 309 g/mol. The lowest BCUT2D eigenvalue weighted by Gasteiger charge is -2.11. The van der Waals surface area contributed by atoms with E-state index in [1.807, 2.05) is 32.0 Å². The number of ether oxygens (including phenoxy) is 2. The Kier molecular flexibility index (Phi) is 6.61. The molecule has 0 saturated carbocycles. The lowest BCUT2D eigenvalue weighted by Crippen LogP contribution is -2.29. The van der Waals surface area contributed by atoms with Crippen LogP contribution in [0.25, 0.3) is 0 Å². The molecule has 0 aliphatic carbocycles. The van der Waals surface area contributed by atoms with Crippen molar-refractivity contribution in [1.82, 2.24) is 5.32 Å². The SMILES string of the molecule is Cc1ccc(C)c(OCCC(=O)NCCOc2ccccc2F)c1. The topological polar surface area (TPSA) is 47.6 Å². The molecule has 0 bridgehead atoms. The Morgan fingerprint density at radius 2 is 1.79 bits per heavy atom. The molecule has 5 heteroatoms. The Labute approximate surface area is 141 Å². The summed E-state index contributed by atoms with van der Waals surface area (Å²) in [7, 11) is 0. The number of rotatable bonds is 8. The summed E-state index contributed by atoms with van der Waals surface area (Å²) in [6.07, 6.45) is 0.257. The minimum absolute atomic E-state index is 0.127. The molecule has 2 rings (SSSR count). The van der Waals surface area contributed by atoms with Crippen molar-refractivity contribution >= 4 is 5.91 Å². The Bertz CT molecular complexity index is 688. The van der Waals surface area contributed by atoms with Gasteiger partial charge in [0.2, 0.25) is 5.91 Å². The highest BCUT2D eigenvalue weighted by atomic mass is 19.1. The molecule has 1 N–H and O–H groups in total. The second kappa shape index (κ2) is 8.91. The zero-order valence-electron chi connectivity index (χ0n) is 14.0. The van der Waals surface area contributed by atoms with Crippen LogP contribution in [-0.2, 0) is 4.79 Å². The van der Waals surface area contributed by atoms with Gasteiger partial charge in [0.1, 0.15) is 12.4 Å². The second-order valence-corrected chi connectivity index (χ2v) is 5.50. The van der Waals surface area contributed by atoms with Gasteiger partial charge in [-0.2, -0.15) is 0 Å². The van der Waals surface area contributed by atoms with E-state index < -0.39 is 5.82 Å². The maximum absolute atomic E-state index is 13.3. The number of aryl methyl sites for hydroxylation is 2. The molecule has 2 aromatic rings. The number of hydrogen-bond acceptors (Lipinski definition) is 3. The molecule has 128 valence electrons. The van der Waals surface area contributed by atoms with Crippen LogP contribution in [0.15, 0.2) is 42.5 Å². The van der Waals surface area contributed by atoms with Crippen molar-refractivity contribution < 1.29 is 18.7 Å². The number of nitrogens with one attached hydrogen (secondary N) is 1. The van der Waals surface area contributed by atoms with Gasteiger partial charge in [-0.15, -0.1) is 0 Å². The molecule has 0 aromatic heterocycles. The molecule has 0 fully saturated rings. The number of benzene rings is 2. The number of carbonyl (C=O) groups is 1. The van der Waals surface area contributed by atoms with Crippen molar-refractivity contribution in [1.29, 1.82) is 0 Å². The third-order valence-electron chi connectivity index (χ3n) is 3.45. The highest BCUT2D eigenvalue weighted by molar-refractivity contribution is 5.75. The summed E-state index contributed by atoms with van der Waals surface area (Å²) in [5, 5.41) is 2.72. The lowest BCUT2D eigenvalue weighted by molar-refractivity contribution is -0.121. The summed E-state index contributed by atoms with van der Waals surface area (Å²) in [6.45, 7) is 4.80. The van der Waals surface area contributed by atoms with Crippen molar-refractivity contribution in [3.8, 4) is 11.5 Å². The van der Waals surface area contributed by atoms with E-state index in [9.17, 15) is 9.18 Å². The van der Waals surface area contributed by atoms with Crippen LogP contribution in [0.1, 0.15) is 17.5 Å². The smallest absolute Gasteiger partial charge is 0.223 e. The molecule has 0 atom stereocenters. The van der Waals surface area contributed by atoms with Gasteiger partial charge in [-0.25, -0.2) is 4.39 Å². The van der Waals surface area contributed by atoms with E-state index in [0.717, 1.165) is 16.9 Å². The third kappa shape index (κ3) is 5.57. The van der Waals surface area contributed by atoms with Crippen molar-refractivity contribution in [2.75, 3.05) is 19.8 Å². The summed E-state index contributed by atoms with van der Waals surface area (Å²) in [5.74, 6) is 0.443. The molecule has 24 heavy (non-hydrogen) atoms. The molecule has 0 spiro atoms. The van der Waals surface area contributed by atoms with E-state index in [1.165, 1.54) is 6.07 Å². The Balaban J connectivity index is 1.63. The van der Waals surface area contributed by atoms with Crippen LogP contribution in [0.5, 0.6) is 11.5 Å². The predicted molar refractivity (Wildman–Crippen MR) is 90.9 cm³/mol. The van der Waals surface area contributed by atoms with Gasteiger partial charge in [0.05, 0.1) is 19.6 Å². The second-order valence-electron chi connectivity index (χ2n) is 5.50. The van der Waals surface area contributed by atoms with Gasteiger partial charge in [-0.1, -0.05) is 24.3 Å². The van der Waals surface area contributed by atoms with E-state index in [2.05, 4.69) is 5.32 Å². The summed E-state index contributed by atoms with van der Waals surface area (Å²) >= 11 is 0. The first-order valence-electron chi connectivity index (χ1n) is 7.90. The molecule has 4 nitrogen and oxygen atoms in total. The van der Waals surface area contributed by atoms with Crippen molar-refractivity contribution in [2.45, 2.75) is 20.3 Å². The Morgan fingerprint density at radius 3 is 2.58 bits per heavy atom. The van der Waals surface area contributed by atoms with E-state index in [0.29, 0.717) is 13.2 Å². The molecule has 0 radical (unpaired) electrons. The van der Waals surface area contributed by atoms with Gasteiger partial charge < -0.3 is 14.8 Å². The highest BCUT2D eigenvalue weighted by Gasteiger charge is 2.05. The summed E-state index contributed by atoms with van der Waals surface area (Å²) < 4.78 is 24.2. The maximum atomic E-state index is 13.3. The molecule has 0 aliphatic heterocycles. The largest absolute Gasteiger partial charge is 0.493 e. The Hall–Kier alpha value is -2.56. The van der Waals surface area contributed by atoms with Crippen molar-refractivity contribution in [3.63, 3.8) is 0 Å². The molecule has 0 heterocycles. The van der Waals surface area contributed by atoms with Crippen LogP contribution in [0.2, 0.25) is 0 Å². The van der Waals surface area contributed by atoms with E-state index in [-0.39, 0.29) is 24.7 Å². The van der Waals surface area contributed by atoms with Crippen molar-refractivity contribution in [3.05, 3.63) is 59.4 Å². The van der Waals surface area contributed by atoms with Gasteiger partial charge in [0.25, 0.3) is 0 Å². The number of amides is 1. The lowest BCUT2D eigenvalue weighted by atomic mass is 10.1. The zero-order valence-corrected chi connectivity index (χ0v) is 14.0. The van der Waals surface area contributed by atoms with E-state index in [4.69, 9.17) is 9.47 Å². The van der Waals surface area contributed by atoms with Gasteiger partial charge in [0.15, 0.2) is 11.6 Å². The number of halogens is 1. The highest BCUT2D eigenvalue weighted by Crippen LogP contribution is 2.19. The summed E-state index contributed by atoms with van der Waals surface area (Å²) in [4.78, 5) is 11.7. The fraction of sp³-hybridized carbons (Fsp3) is 0.316. The third-order valence-corrected chi connectivity index (χ3v) is 3.45. The summed E-state index contributed by atoms with van der Waals surface area (Å²) in [6, 6.07) is 12.1. The standard InChI is InChI=1S/C19H22FNO3/c1-14-7-8-15(2)18(13-14)23-11-9-19(22)21-10-12-24-17-6-4-3-5-16(17)20/h3-8,13H,9-12H2,1-2H3,(H,21,22). The molecule has 0 unspecified atom stereocenters. The average molecular weight is 331 g/mol. The van der Waals surface area contributed by atoms with Crippen LogP contribution in [-0.4, -0.2) is 25.7 Å². The van der Waals surface area contributed by atoms with Crippen LogP contribution < -0.4 is 14.8 Å². The molecule has 1 amide bonds. The van der Waals surface area contributed by atoms with Gasteiger partial charge >= 0.3 is 0 Å². The zero-order chi connectivity index (χ0) is 17.4. The predicted octanol–water partition coefficient (Wildman–Crippen LogP) is 3.41. The minimum atomic E-state index is -0.411. The summed E-state index contributed by atoms with van der Waals surface area (Å²) in [5.41, 5.74) is 2.16. The van der Waals surface area contributed by atoms with Gasteiger partial charge in [-0.05, 0) is 43.2 Å². The first-order chi connectivity index (χ1) is 11.6. The molecule has 2 aromatic carbocycles. The Morgan fingerprint density at radius 1 is 1.04 bits per heavy atom. The maximum Gasteiger partial charge on any atom is 0.223 e. The van der Waals surface area contributed by atoms with Crippen molar-refractivity contribution in [2.24, 2.45) is 0 Å². The molecule has 0 saturated heterocycles. The molecular formula is C19H22FNO3. The molecule has 0 aliphatic rings. The fourth-order valence-electron chi connectivity index (χ4n) is 2.12.